The van der Waals surface area contributed by atoms with Gasteiger partial charge in [0.15, 0.2) is 0 Å². The van der Waals surface area contributed by atoms with Crippen molar-refractivity contribution >= 4 is 11.7 Å². The molecule has 0 N–H and O–H groups in total. The molecule has 0 aliphatic carbocycles. The molecule has 1 unspecified atom stereocenters. The monoisotopic (exact) mass is 300 g/mol. The van der Waals surface area contributed by atoms with Gasteiger partial charge in [-0.15, -0.1) is 5.10 Å². The number of aromatic nitrogens is 3. The van der Waals surface area contributed by atoms with Crippen LogP contribution < -0.4 is 4.90 Å². The van der Waals surface area contributed by atoms with Gasteiger partial charge >= 0.3 is 0 Å². The number of nitrogens with zero attached hydrogens (tertiary/aromatic N) is 4. The van der Waals surface area contributed by atoms with Crippen LogP contribution in [-0.2, 0) is 4.79 Å². The highest BCUT2D eigenvalue weighted by Crippen LogP contribution is 2.23. The van der Waals surface area contributed by atoms with Crippen molar-refractivity contribution in [3.05, 3.63) is 36.3 Å². The molecule has 1 aliphatic heterocycles. The van der Waals surface area contributed by atoms with Gasteiger partial charge in [-0.25, -0.2) is 9.37 Å². The number of piperidine rings is 1. The second-order valence-corrected chi connectivity index (χ2v) is 5.54. The molecule has 2 aromatic rings. The van der Waals surface area contributed by atoms with Gasteiger partial charge < -0.3 is 4.90 Å². The maximum Gasteiger partial charge on any atom is 0.245 e. The first-order valence-corrected chi connectivity index (χ1v) is 7.34. The number of halogens is 1. The lowest BCUT2D eigenvalue weighted by molar-refractivity contribution is -0.120. The van der Waals surface area contributed by atoms with Crippen molar-refractivity contribution in [3.63, 3.8) is 0 Å². The lowest BCUT2D eigenvalue weighted by Gasteiger charge is -2.31. The lowest BCUT2D eigenvalue weighted by atomic mass is 9.95. The topological polar surface area (TPSA) is 59.0 Å². The molecule has 0 radical (unpaired) electrons. The molecule has 6 heteroatoms. The molecule has 0 spiro atoms. The minimum Gasteiger partial charge on any atom is -0.339 e. The van der Waals surface area contributed by atoms with Gasteiger partial charge in [-0.2, -0.15) is 5.10 Å². The van der Waals surface area contributed by atoms with Crippen LogP contribution in [0.3, 0.4) is 0 Å². The molecule has 1 aromatic carbocycles. The Hall–Kier alpha value is -2.37. The summed E-state index contributed by atoms with van der Waals surface area (Å²) in [5, 5.41) is 8.08. The summed E-state index contributed by atoms with van der Waals surface area (Å²) in [6.07, 6.45) is 3.41. The Bertz CT molecular complexity index is 674. The van der Waals surface area contributed by atoms with E-state index in [1.165, 1.54) is 12.1 Å². The van der Waals surface area contributed by atoms with Gasteiger partial charge in [0.05, 0.1) is 11.9 Å². The summed E-state index contributed by atoms with van der Waals surface area (Å²) in [4.78, 5) is 18.1. The molecule has 0 amide bonds. The average Bonchev–Trinajstić information content (AvgIpc) is 2.56. The third-order valence-electron chi connectivity index (χ3n) is 3.97. The summed E-state index contributed by atoms with van der Waals surface area (Å²) in [7, 11) is 0. The van der Waals surface area contributed by atoms with Crippen LogP contribution >= 0.6 is 0 Å². The summed E-state index contributed by atoms with van der Waals surface area (Å²) in [5.41, 5.74) is 1.44. The minimum absolute atomic E-state index is 0.0341. The van der Waals surface area contributed by atoms with E-state index in [0.29, 0.717) is 18.2 Å². The molecular formula is C16H17FN4O. The molecule has 1 atom stereocenters. The second kappa shape index (κ2) is 6.17. The Morgan fingerprint density at radius 2 is 2.09 bits per heavy atom. The summed E-state index contributed by atoms with van der Waals surface area (Å²) in [6.45, 7) is 3.07. The summed E-state index contributed by atoms with van der Waals surface area (Å²) >= 11 is 0. The van der Waals surface area contributed by atoms with Crippen molar-refractivity contribution in [1.29, 1.82) is 0 Å². The Labute approximate surface area is 128 Å². The van der Waals surface area contributed by atoms with Crippen molar-refractivity contribution in [1.82, 2.24) is 15.2 Å². The highest BCUT2D eigenvalue weighted by molar-refractivity contribution is 5.79. The normalized spacial score (nSPS) is 18.3. The first kappa shape index (κ1) is 14.6. The van der Waals surface area contributed by atoms with Crippen LogP contribution in [0.2, 0.25) is 0 Å². The number of anilines is 1. The molecule has 5 nitrogen and oxygen atoms in total. The molecular weight excluding hydrogens is 283 g/mol. The molecule has 114 valence electrons. The number of benzene rings is 1. The van der Waals surface area contributed by atoms with Gasteiger partial charge in [-0.05, 0) is 44.0 Å². The van der Waals surface area contributed by atoms with Gasteiger partial charge in [0.1, 0.15) is 11.6 Å². The van der Waals surface area contributed by atoms with E-state index in [9.17, 15) is 9.18 Å². The van der Waals surface area contributed by atoms with Crippen molar-refractivity contribution in [2.45, 2.75) is 19.8 Å². The van der Waals surface area contributed by atoms with Gasteiger partial charge in [0.25, 0.3) is 0 Å². The number of carbonyl (C=O) groups is 1. The average molecular weight is 300 g/mol. The maximum atomic E-state index is 13.0. The van der Waals surface area contributed by atoms with Crippen molar-refractivity contribution in [2.75, 3.05) is 18.0 Å². The van der Waals surface area contributed by atoms with Crippen LogP contribution in [-0.4, -0.2) is 34.1 Å². The first-order chi connectivity index (χ1) is 10.6. The molecule has 3 rings (SSSR count). The molecule has 2 heterocycles. The molecule has 1 aromatic heterocycles. The largest absolute Gasteiger partial charge is 0.339 e. The minimum atomic E-state index is -0.286. The number of carbonyl (C=O) groups excluding carboxylic acids is 1. The van der Waals surface area contributed by atoms with E-state index >= 15 is 0 Å². The third-order valence-corrected chi connectivity index (χ3v) is 3.97. The molecule has 0 bridgehead atoms. The van der Waals surface area contributed by atoms with E-state index < -0.39 is 0 Å². The summed E-state index contributed by atoms with van der Waals surface area (Å²) in [5.74, 6) is 0.471. The summed E-state index contributed by atoms with van der Waals surface area (Å²) < 4.78 is 13.0. The third kappa shape index (κ3) is 3.10. The molecule has 1 saturated heterocycles. The van der Waals surface area contributed by atoms with Crippen molar-refractivity contribution < 1.29 is 9.18 Å². The van der Waals surface area contributed by atoms with Gasteiger partial charge in [-0.1, -0.05) is 0 Å². The Morgan fingerprint density at radius 1 is 1.32 bits per heavy atom. The number of rotatable bonds is 3. The zero-order valence-corrected chi connectivity index (χ0v) is 12.4. The quantitative estimate of drug-likeness (QED) is 0.871. The second-order valence-electron chi connectivity index (χ2n) is 5.54. The number of ketones is 1. The molecule has 1 fully saturated rings. The standard InChI is InChI=1S/C16H17FN4O/c1-11(22)13-3-2-8-21(10-13)16-19-15(9-18-20-16)12-4-6-14(17)7-5-12/h4-7,9,13H,2-3,8,10H2,1H3. The van der Waals surface area contributed by atoms with Crippen molar-refractivity contribution in [2.24, 2.45) is 5.92 Å². The molecule has 22 heavy (non-hydrogen) atoms. The summed E-state index contributed by atoms with van der Waals surface area (Å²) in [6, 6.07) is 6.11. The fourth-order valence-electron chi connectivity index (χ4n) is 2.68. The molecule has 0 saturated carbocycles. The van der Waals surface area contributed by atoms with Gasteiger partial charge in [-0.3, -0.25) is 4.79 Å². The van der Waals surface area contributed by atoms with E-state index in [-0.39, 0.29) is 17.5 Å². The van der Waals surface area contributed by atoms with E-state index in [0.717, 1.165) is 24.9 Å². The Morgan fingerprint density at radius 3 is 2.82 bits per heavy atom. The number of Topliss-reactive ketones (excluding diaryl/α,β-unsaturated/α-hetero) is 1. The van der Waals surface area contributed by atoms with E-state index in [1.54, 1.807) is 25.3 Å². The van der Waals surface area contributed by atoms with Gasteiger partial charge in [0, 0.05) is 24.6 Å². The van der Waals surface area contributed by atoms with Crippen LogP contribution in [0.1, 0.15) is 19.8 Å². The van der Waals surface area contributed by atoms with E-state index in [1.807, 2.05) is 4.90 Å². The van der Waals surface area contributed by atoms with E-state index in [4.69, 9.17) is 0 Å². The first-order valence-electron chi connectivity index (χ1n) is 7.34. The van der Waals surface area contributed by atoms with Gasteiger partial charge in [0.2, 0.25) is 5.95 Å². The van der Waals surface area contributed by atoms with Crippen molar-refractivity contribution in [3.8, 4) is 11.3 Å². The highest BCUT2D eigenvalue weighted by Gasteiger charge is 2.25. The van der Waals surface area contributed by atoms with Crippen LogP contribution in [0.25, 0.3) is 11.3 Å². The van der Waals surface area contributed by atoms with Crippen LogP contribution in [0.4, 0.5) is 10.3 Å². The van der Waals surface area contributed by atoms with Crippen LogP contribution in [0.5, 0.6) is 0 Å². The smallest absolute Gasteiger partial charge is 0.245 e. The number of hydrogen-bond donors (Lipinski definition) is 0. The fourth-order valence-corrected chi connectivity index (χ4v) is 2.68. The van der Waals surface area contributed by atoms with Crippen LogP contribution in [0.15, 0.2) is 30.5 Å². The van der Waals surface area contributed by atoms with E-state index in [2.05, 4.69) is 15.2 Å². The predicted molar refractivity (Wildman–Crippen MR) is 80.8 cm³/mol. The number of hydrogen-bond acceptors (Lipinski definition) is 5. The fraction of sp³-hybridized carbons (Fsp3) is 0.375. The Balaban J connectivity index is 1.84. The maximum absolute atomic E-state index is 13.0. The van der Waals surface area contributed by atoms with Crippen LogP contribution in [0, 0.1) is 11.7 Å². The molecule has 1 aliphatic rings. The zero-order valence-electron chi connectivity index (χ0n) is 12.4. The predicted octanol–water partition coefficient (Wildman–Crippen LogP) is 2.48. The zero-order chi connectivity index (χ0) is 15.5. The highest BCUT2D eigenvalue weighted by atomic mass is 19.1. The SMILES string of the molecule is CC(=O)C1CCCN(c2nncc(-c3ccc(F)cc3)n2)C1. The Kier molecular flexibility index (Phi) is 4.09. The lowest BCUT2D eigenvalue weighted by Crippen LogP contribution is -2.39.